The molecule has 0 fully saturated rings. The Labute approximate surface area is 49.8 Å². The SMILES string of the molecule is Cc1nc(F)nc(F)n1. The lowest BCUT2D eigenvalue weighted by Crippen LogP contribution is -1.99. The van der Waals surface area contributed by atoms with E-state index in [1.165, 1.54) is 6.92 Å². The van der Waals surface area contributed by atoms with Crippen molar-refractivity contribution < 1.29 is 8.78 Å². The molecule has 1 rings (SSSR count). The Bertz CT molecular complexity index is 175. The Kier molecular flexibility index (Phi) is 1.33. The molecule has 3 nitrogen and oxygen atoms in total. The van der Waals surface area contributed by atoms with Crippen molar-refractivity contribution in [1.82, 2.24) is 15.0 Å². The first kappa shape index (κ1) is 6.00. The fourth-order valence-electron chi connectivity index (χ4n) is 0.418. The summed E-state index contributed by atoms with van der Waals surface area (Å²) in [7, 11) is 0. The quantitative estimate of drug-likeness (QED) is 0.513. The van der Waals surface area contributed by atoms with Crippen LogP contribution in [0.25, 0.3) is 0 Å². The van der Waals surface area contributed by atoms with E-state index in [2.05, 4.69) is 15.0 Å². The van der Waals surface area contributed by atoms with Crippen LogP contribution in [0.15, 0.2) is 0 Å². The molecule has 0 atom stereocenters. The van der Waals surface area contributed by atoms with Gasteiger partial charge in [-0.25, -0.2) is 0 Å². The zero-order valence-corrected chi connectivity index (χ0v) is 4.60. The summed E-state index contributed by atoms with van der Waals surface area (Å²) >= 11 is 0. The fourth-order valence-corrected chi connectivity index (χ4v) is 0.418. The highest BCUT2D eigenvalue weighted by Crippen LogP contribution is 1.89. The van der Waals surface area contributed by atoms with Crippen LogP contribution in [0.5, 0.6) is 0 Å². The van der Waals surface area contributed by atoms with Gasteiger partial charge in [-0.15, -0.1) is 0 Å². The molecule has 48 valence electrons. The van der Waals surface area contributed by atoms with Crippen LogP contribution < -0.4 is 0 Å². The second-order valence-corrected chi connectivity index (χ2v) is 1.42. The molecular formula is C4H3F2N3. The van der Waals surface area contributed by atoms with Crippen LogP contribution in [0, 0.1) is 19.1 Å². The molecule has 1 aromatic heterocycles. The first-order chi connectivity index (χ1) is 4.18. The summed E-state index contributed by atoms with van der Waals surface area (Å²) < 4.78 is 23.9. The van der Waals surface area contributed by atoms with Crippen LogP contribution in [0.2, 0.25) is 0 Å². The molecule has 5 heteroatoms. The molecule has 0 bridgehead atoms. The maximum Gasteiger partial charge on any atom is 0.314 e. The first-order valence-corrected chi connectivity index (χ1v) is 2.22. The van der Waals surface area contributed by atoms with Gasteiger partial charge >= 0.3 is 12.2 Å². The van der Waals surface area contributed by atoms with Gasteiger partial charge in [-0.3, -0.25) is 0 Å². The van der Waals surface area contributed by atoms with Gasteiger partial charge in [-0.1, -0.05) is 0 Å². The third kappa shape index (κ3) is 1.38. The second-order valence-electron chi connectivity index (χ2n) is 1.42. The van der Waals surface area contributed by atoms with E-state index in [1.807, 2.05) is 0 Å². The number of hydrogen-bond acceptors (Lipinski definition) is 3. The van der Waals surface area contributed by atoms with Gasteiger partial charge in [0.05, 0.1) is 0 Å². The summed E-state index contributed by atoms with van der Waals surface area (Å²) in [5.74, 6) is 0.0417. The van der Waals surface area contributed by atoms with Crippen molar-refractivity contribution in [2.24, 2.45) is 0 Å². The van der Waals surface area contributed by atoms with Crippen LogP contribution in [0.4, 0.5) is 8.78 Å². The normalized spacial score (nSPS) is 9.67. The lowest BCUT2D eigenvalue weighted by Gasteiger charge is -1.88. The van der Waals surface area contributed by atoms with Gasteiger partial charge in [-0.05, 0) is 6.92 Å². The highest BCUT2D eigenvalue weighted by Gasteiger charge is 1.98. The molecule has 0 N–H and O–H groups in total. The summed E-state index contributed by atoms with van der Waals surface area (Å²) in [6, 6.07) is 0. The molecule has 0 aliphatic heterocycles. The molecule has 0 radical (unpaired) electrons. The van der Waals surface area contributed by atoms with Crippen LogP contribution in [0.3, 0.4) is 0 Å². The molecule has 1 heterocycles. The minimum Gasteiger partial charge on any atom is -0.187 e. The standard InChI is InChI=1S/C4H3F2N3/c1-2-7-3(5)9-4(6)8-2/h1H3. The minimum atomic E-state index is -1.08. The van der Waals surface area contributed by atoms with Crippen molar-refractivity contribution in [3.63, 3.8) is 0 Å². The lowest BCUT2D eigenvalue weighted by atomic mass is 10.7. The van der Waals surface area contributed by atoms with E-state index < -0.39 is 12.2 Å². The second kappa shape index (κ2) is 2.00. The molecular weight excluding hydrogens is 128 g/mol. The number of nitrogens with zero attached hydrogens (tertiary/aromatic N) is 3. The summed E-state index contributed by atoms with van der Waals surface area (Å²) in [5, 5.41) is 0. The number of halogens is 2. The van der Waals surface area contributed by atoms with Gasteiger partial charge in [-0.2, -0.15) is 23.7 Å². The highest BCUT2D eigenvalue weighted by molar-refractivity contribution is 4.77. The van der Waals surface area contributed by atoms with Crippen LogP contribution >= 0.6 is 0 Å². The van der Waals surface area contributed by atoms with Crippen molar-refractivity contribution >= 4 is 0 Å². The highest BCUT2D eigenvalue weighted by atomic mass is 19.1. The molecule has 0 aliphatic carbocycles. The van der Waals surface area contributed by atoms with Crippen molar-refractivity contribution in [3.8, 4) is 0 Å². The number of aryl methyl sites for hydroxylation is 1. The van der Waals surface area contributed by atoms with Crippen LogP contribution in [-0.2, 0) is 0 Å². The predicted molar refractivity (Wildman–Crippen MR) is 24.5 cm³/mol. The van der Waals surface area contributed by atoms with Gasteiger partial charge in [0.2, 0.25) is 0 Å². The van der Waals surface area contributed by atoms with E-state index in [-0.39, 0.29) is 5.82 Å². The van der Waals surface area contributed by atoms with E-state index in [0.29, 0.717) is 0 Å². The molecule has 0 amide bonds. The number of rotatable bonds is 0. The zero-order chi connectivity index (χ0) is 6.85. The Morgan fingerprint density at radius 2 is 1.44 bits per heavy atom. The van der Waals surface area contributed by atoms with E-state index >= 15 is 0 Å². The van der Waals surface area contributed by atoms with E-state index in [4.69, 9.17) is 0 Å². The molecule has 0 spiro atoms. The van der Waals surface area contributed by atoms with Crippen molar-refractivity contribution in [2.75, 3.05) is 0 Å². The maximum absolute atomic E-state index is 11.9. The van der Waals surface area contributed by atoms with Gasteiger partial charge in [0.1, 0.15) is 5.82 Å². The van der Waals surface area contributed by atoms with Gasteiger partial charge in [0.25, 0.3) is 0 Å². The Morgan fingerprint density at radius 3 is 1.78 bits per heavy atom. The van der Waals surface area contributed by atoms with Crippen LogP contribution in [-0.4, -0.2) is 15.0 Å². The first-order valence-electron chi connectivity index (χ1n) is 2.22. The van der Waals surface area contributed by atoms with E-state index in [9.17, 15) is 8.78 Å². The summed E-state index contributed by atoms with van der Waals surface area (Å²) in [4.78, 5) is 8.89. The lowest BCUT2D eigenvalue weighted by molar-refractivity contribution is 0.448. The minimum absolute atomic E-state index is 0.0417. The number of aromatic nitrogens is 3. The Balaban J connectivity index is 3.17. The van der Waals surface area contributed by atoms with Gasteiger partial charge in [0, 0.05) is 0 Å². The van der Waals surface area contributed by atoms with Crippen molar-refractivity contribution in [1.29, 1.82) is 0 Å². The predicted octanol–water partition coefficient (Wildman–Crippen LogP) is 0.458. The summed E-state index contributed by atoms with van der Waals surface area (Å²) in [6.07, 6.45) is -2.17. The average molecular weight is 131 g/mol. The van der Waals surface area contributed by atoms with Gasteiger partial charge < -0.3 is 0 Å². The largest absolute Gasteiger partial charge is 0.314 e. The average Bonchev–Trinajstić information content (AvgIpc) is 1.59. The third-order valence-electron chi connectivity index (χ3n) is 0.693. The molecule has 9 heavy (non-hydrogen) atoms. The van der Waals surface area contributed by atoms with Crippen LogP contribution in [0.1, 0.15) is 5.82 Å². The van der Waals surface area contributed by atoms with Crippen molar-refractivity contribution in [2.45, 2.75) is 6.92 Å². The molecule has 1 aromatic rings. The molecule has 0 aromatic carbocycles. The maximum atomic E-state index is 11.9. The molecule has 0 saturated heterocycles. The monoisotopic (exact) mass is 131 g/mol. The van der Waals surface area contributed by atoms with E-state index in [0.717, 1.165) is 0 Å². The topological polar surface area (TPSA) is 38.7 Å². The van der Waals surface area contributed by atoms with E-state index in [1.54, 1.807) is 0 Å². The summed E-state index contributed by atoms with van der Waals surface area (Å²) in [6.45, 7) is 1.38. The third-order valence-corrected chi connectivity index (χ3v) is 0.693. The Hall–Kier alpha value is -1.13. The number of hydrogen-bond donors (Lipinski definition) is 0. The molecule has 0 aliphatic rings. The smallest absolute Gasteiger partial charge is 0.187 e. The fraction of sp³-hybridized carbons (Fsp3) is 0.250. The summed E-state index contributed by atoms with van der Waals surface area (Å²) in [5.41, 5.74) is 0. The zero-order valence-electron chi connectivity index (χ0n) is 4.60. The van der Waals surface area contributed by atoms with Gasteiger partial charge in [0.15, 0.2) is 0 Å². The van der Waals surface area contributed by atoms with Crippen molar-refractivity contribution in [3.05, 3.63) is 18.0 Å². The molecule has 0 saturated carbocycles. The molecule has 0 unspecified atom stereocenters. The Morgan fingerprint density at radius 1 is 1.00 bits per heavy atom.